The van der Waals surface area contributed by atoms with E-state index in [9.17, 15) is 4.79 Å². The minimum absolute atomic E-state index is 0.0453. The molecule has 1 saturated heterocycles. The standard InChI is InChI=1S/C15H27N5O2S2/c1-12(2)10-17-13(21)11-23-15-19-18-14(24-15)16-4-3-5-20-6-8-22-9-7-20/h12H,3-11H2,1-2H3,(H,16,18)(H,17,21). The van der Waals surface area contributed by atoms with Gasteiger partial charge in [-0.3, -0.25) is 9.69 Å². The fraction of sp³-hybridized carbons (Fsp3) is 0.800. The van der Waals surface area contributed by atoms with Gasteiger partial charge in [-0.25, -0.2) is 0 Å². The van der Waals surface area contributed by atoms with Crippen LogP contribution >= 0.6 is 23.1 Å². The van der Waals surface area contributed by atoms with Gasteiger partial charge < -0.3 is 15.4 Å². The number of aromatic nitrogens is 2. The molecule has 1 aromatic heterocycles. The molecule has 1 aromatic rings. The number of hydrogen-bond acceptors (Lipinski definition) is 8. The van der Waals surface area contributed by atoms with Crippen LogP contribution in [0.3, 0.4) is 0 Å². The van der Waals surface area contributed by atoms with Crippen molar-refractivity contribution in [3.8, 4) is 0 Å². The molecule has 9 heteroatoms. The van der Waals surface area contributed by atoms with Crippen LogP contribution in [-0.2, 0) is 9.53 Å². The van der Waals surface area contributed by atoms with Gasteiger partial charge in [0.15, 0.2) is 4.34 Å². The first-order valence-electron chi connectivity index (χ1n) is 8.40. The molecule has 136 valence electrons. The summed E-state index contributed by atoms with van der Waals surface area (Å²) in [5.74, 6) is 0.899. The Morgan fingerprint density at radius 3 is 2.92 bits per heavy atom. The molecule has 0 unspecified atom stereocenters. The van der Waals surface area contributed by atoms with Crippen molar-refractivity contribution in [1.29, 1.82) is 0 Å². The number of carbonyl (C=O) groups is 1. The number of carbonyl (C=O) groups excluding carboxylic acids is 1. The zero-order valence-electron chi connectivity index (χ0n) is 14.4. The molecule has 0 atom stereocenters. The van der Waals surface area contributed by atoms with Gasteiger partial charge in [-0.05, 0) is 18.9 Å². The molecule has 2 heterocycles. The number of hydrogen-bond donors (Lipinski definition) is 2. The van der Waals surface area contributed by atoms with Crippen LogP contribution in [-0.4, -0.2) is 72.7 Å². The van der Waals surface area contributed by atoms with Crippen LogP contribution < -0.4 is 10.6 Å². The number of amides is 1. The Morgan fingerprint density at radius 2 is 2.17 bits per heavy atom. The van der Waals surface area contributed by atoms with Crippen molar-refractivity contribution in [2.24, 2.45) is 5.92 Å². The minimum Gasteiger partial charge on any atom is -0.379 e. The van der Waals surface area contributed by atoms with Crippen molar-refractivity contribution in [3.05, 3.63) is 0 Å². The Kier molecular flexibility index (Phi) is 8.79. The smallest absolute Gasteiger partial charge is 0.230 e. The van der Waals surface area contributed by atoms with E-state index in [-0.39, 0.29) is 5.91 Å². The van der Waals surface area contributed by atoms with Crippen LogP contribution in [0.2, 0.25) is 0 Å². The molecule has 1 aliphatic heterocycles. The van der Waals surface area contributed by atoms with Crippen molar-refractivity contribution in [2.75, 3.05) is 57.0 Å². The molecule has 0 aliphatic carbocycles. The highest BCUT2D eigenvalue weighted by Crippen LogP contribution is 2.25. The van der Waals surface area contributed by atoms with E-state index < -0.39 is 0 Å². The summed E-state index contributed by atoms with van der Waals surface area (Å²) < 4.78 is 6.16. The van der Waals surface area contributed by atoms with E-state index in [0.717, 1.165) is 55.3 Å². The molecule has 0 aromatic carbocycles. The van der Waals surface area contributed by atoms with Gasteiger partial charge in [-0.15, -0.1) is 10.2 Å². The van der Waals surface area contributed by atoms with Gasteiger partial charge in [0.2, 0.25) is 11.0 Å². The summed E-state index contributed by atoms with van der Waals surface area (Å²) in [6, 6.07) is 0. The first-order chi connectivity index (χ1) is 11.6. The molecule has 2 N–H and O–H groups in total. The summed E-state index contributed by atoms with van der Waals surface area (Å²) in [6.45, 7) is 10.6. The highest BCUT2D eigenvalue weighted by Gasteiger charge is 2.10. The topological polar surface area (TPSA) is 79.4 Å². The third-order valence-corrected chi connectivity index (χ3v) is 5.49. The third kappa shape index (κ3) is 7.78. The van der Waals surface area contributed by atoms with E-state index in [0.29, 0.717) is 18.2 Å². The number of morpholine rings is 1. The lowest BCUT2D eigenvalue weighted by Crippen LogP contribution is -2.37. The molecule has 1 amide bonds. The van der Waals surface area contributed by atoms with Gasteiger partial charge in [-0.1, -0.05) is 36.9 Å². The maximum absolute atomic E-state index is 11.7. The highest BCUT2D eigenvalue weighted by molar-refractivity contribution is 8.01. The van der Waals surface area contributed by atoms with Crippen LogP contribution in [0.15, 0.2) is 4.34 Å². The number of thioether (sulfide) groups is 1. The Labute approximate surface area is 151 Å². The average molecular weight is 374 g/mol. The summed E-state index contributed by atoms with van der Waals surface area (Å²) in [4.78, 5) is 14.1. The van der Waals surface area contributed by atoms with Crippen molar-refractivity contribution in [2.45, 2.75) is 24.6 Å². The monoisotopic (exact) mass is 373 g/mol. The number of nitrogens with one attached hydrogen (secondary N) is 2. The maximum atomic E-state index is 11.7. The molecule has 24 heavy (non-hydrogen) atoms. The lowest BCUT2D eigenvalue weighted by atomic mass is 10.2. The zero-order valence-corrected chi connectivity index (χ0v) is 16.0. The number of anilines is 1. The molecular formula is C15H27N5O2S2. The second-order valence-electron chi connectivity index (χ2n) is 6.09. The number of nitrogens with zero attached hydrogens (tertiary/aromatic N) is 3. The number of rotatable bonds is 10. The first kappa shape index (κ1) is 19.4. The van der Waals surface area contributed by atoms with Crippen LogP contribution in [0, 0.1) is 5.92 Å². The van der Waals surface area contributed by atoms with Crippen molar-refractivity contribution in [3.63, 3.8) is 0 Å². The Morgan fingerprint density at radius 1 is 1.38 bits per heavy atom. The Balaban J connectivity index is 1.57. The largest absolute Gasteiger partial charge is 0.379 e. The summed E-state index contributed by atoms with van der Waals surface area (Å²) in [5, 5.41) is 15.3. The molecule has 0 saturated carbocycles. The van der Waals surface area contributed by atoms with Crippen LogP contribution in [0.1, 0.15) is 20.3 Å². The van der Waals surface area contributed by atoms with Crippen molar-refractivity contribution in [1.82, 2.24) is 20.4 Å². The van der Waals surface area contributed by atoms with Crippen LogP contribution in [0.5, 0.6) is 0 Å². The lowest BCUT2D eigenvalue weighted by molar-refractivity contribution is -0.118. The van der Waals surface area contributed by atoms with Gasteiger partial charge in [0.05, 0.1) is 19.0 Å². The number of ether oxygens (including phenoxy) is 1. The lowest BCUT2D eigenvalue weighted by Gasteiger charge is -2.26. The van der Waals surface area contributed by atoms with Gasteiger partial charge >= 0.3 is 0 Å². The molecule has 0 radical (unpaired) electrons. The summed E-state index contributed by atoms with van der Waals surface area (Å²) in [7, 11) is 0. The summed E-state index contributed by atoms with van der Waals surface area (Å²) in [5.41, 5.74) is 0. The molecule has 1 aliphatic rings. The fourth-order valence-electron chi connectivity index (χ4n) is 2.16. The van der Waals surface area contributed by atoms with Gasteiger partial charge in [0, 0.05) is 26.2 Å². The maximum Gasteiger partial charge on any atom is 0.230 e. The van der Waals surface area contributed by atoms with E-state index in [4.69, 9.17) is 4.74 Å². The summed E-state index contributed by atoms with van der Waals surface area (Å²) >= 11 is 2.94. The quantitative estimate of drug-likeness (QED) is 0.476. The second kappa shape index (κ2) is 10.9. The van der Waals surface area contributed by atoms with E-state index in [1.165, 1.54) is 23.1 Å². The van der Waals surface area contributed by atoms with E-state index >= 15 is 0 Å². The minimum atomic E-state index is 0.0453. The fourth-order valence-corrected chi connectivity index (χ4v) is 3.77. The Bertz CT molecular complexity index is 492. The molecule has 7 nitrogen and oxygen atoms in total. The van der Waals surface area contributed by atoms with Crippen LogP contribution in [0.4, 0.5) is 5.13 Å². The molecule has 2 rings (SSSR count). The predicted octanol–water partition coefficient (Wildman–Crippen LogP) is 1.54. The Hall–Kier alpha value is -0.900. The van der Waals surface area contributed by atoms with E-state index in [1.54, 1.807) is 0 Å². The second-order valence-corrected chi connectivity index (χ2v) is 8.29. The van der Waals surface area contributed by atoms with Crippen molar-refractivity contribution < 1.29 is 9.53 Å². The van der Waals surface area contributed by atoms with Crippen molar-refractivity contribution >= 4 is 34.1 Å². The van der Waals surface area contributed by atoms with E-state index in [1.807, 2.05) is 0 Å². The predicted molar refractivity (Wildman–Crippen MR) is 98.8 cm³/mol. The summed E-state index contributed by atoms with van der Waals surface area (Å²) in [6.07, 6.45) is 1.07. The molecule has 0 bridgehead atoms. The molecular weight excluding hydrogens is 346 g/mol. The first-order valence-corrected chi connectivity index (χ1v) is 10.2. The molecule has 1 fully saturated rings. The van der Waals surface area contributed by atoms with Gasteiger partial charge in [0.25, 0.3) is 0 Å². The van der Waals surface area contributed by atoms with Gasteiger partial charge in [0.1, 0.15) is 0 Å². The normalized spacial score (nSPS) is 15.6. The zero-order chi connectivity index (χ0) is 17.2. The average Bonchev–Trinajstić information content (AvgIpc) is 3.04. The van der Waals surface area contributed by atoms with Gasteiger partial charge in [-0.2, -0.15) is 0 Å². The van der Waals surface area contributed by atoms with E-state index in [2.05, 4.69) is 39.6 Å². The SMILES string of the molecule is CC(C)CNC(=O)CSc1nnc(NCCCN2CCOCC2)s1. The highest BCUT2D eigenvalue weighted by atomic mass is 32.2. The third-order valence-electron chi connectivity index (χ3n) is 3.47. The van der Waals surface area contributed by atoms with Crippen LogP contribution in [0.25, 0.3) is 0 Å². The molecule has 0 spiro atoms.